The van der Waals surface area contributed by atoms with Crippen molar-refractivity contribution in [3.05, 3.63) is 22.9 Å². The normalized spacial score (nSPS) is 26.2. The van der Waals surface area contributed by atoms with Crippen LogP contribution in [0.3, 0.4) is 0 Å². The summed E-state index contributed by atoms with van der Waals surface area (Å²) in [6, 6.07) is 1.90. The van der Waals surface area contributed by atoms with E-state index < -0.39 is 10.0 Å². The van der Waals surface area contributed by atoms with E-state index in [0.717, 1.165) is 0 Å². The zero-order valence-electron chi connectivity index (χ0n) is 10.3. The highest BCUT2D eigenvalue weighted by molar-refractivity contribution is 9.10. The zero-order valence-corrected chi connectivity index (χ0v) is 12.7. The first-order chi connectivity index (χ1) is 8.39. The van der Waals surface area contributed by atoms with Crippen LogP contribution in [0.15, 0.2) is 27.8 Å². The van der Waals surface area contributed by atoms with Gasteiger partial charge in [0.1, 0.15) is 4.90 Å². The quantitative estimate of drug-likeness (QED) is 0.883. The van der Waals surface area contributed by atoms with Crippen LogP contribution in [0, 0.1) is 0 Å². The molecule has 1 aromatic heterocycles. The molecular weight excluding hydrogens is 318 g/mol. The molecule has 7 heteroatoms. The van der Waals surface area contributed by atoms with Crippen LogP contribution in [0.1, 0.15) is 13.8 Å². The summed E-state index contributed by atoms with van der Waals surface area (Å²) in [7, 11) is -3.45. The smallest absolute Gasteiger partial charge is 0.244 e. The van der Waals surface area contributed by atoms with Gasteiger partial charge in [-0.2, -0.15) is 4.31 Å². The van der Waals surface area contributed by atoms with E-state index in [0.29, 0.717) is 17.6 Å². The summed E-state index contributed by atoms with van der Waals surface area (Å²) in [5, 5.41) is 3.31. The lowest BCUT2D eigenvalue weighted by Gasteiger charge is -2.35. The molecule has 0 saturated carbocycles. The van der Waals surface area contributed by atoms with Crippen molar-refractivity contribution in [2.75, 3.05) is 13.1 Å². The van der Waals surface area contributed by atoms with E-state index in [1.807, 2.05) is 13.8 Å². The third-order valence-electron chi connectivity index (χ3n) is 2.84. The van der Waals surface area contributed by atoms with Crippen LogP contribution in [0.2, 0.25) is 0 Å². The van der Waals surface area contributed by atoms with Gasteiger partial charge in [-0.25, -0.2) is 8.42 Å². The topological polar surface area (TPSA) is 62.3 Å². The average Bonchev–Trinajstić information content (AvgIpc) is 2.27. The van der Waals surface area contributed by atoms with Gasteiger partial charge < -0.3 is 5.32 Å². The number of piperazine rings is 1. The number of halogens is 1. The fourth-order valence-corrected chi connectivity index (χ4v) is 4.28. The summed E-state index contributed by atoms with van der Waals surface area (Å²) in [4.78, 5) is 4.15. The van der Waals surface area contributed by atoms with Crippen molar-refractivity contribution in [3.8, 4) is 0 Å². The first-order valence-electron chi connectivity index (χ1n) is 5.76. The van der Waals surface area contributed by atoms with Crippen LogP contribution in [0.25, 0.3) is 0 Å². The van der Waals surface area contributed by atoms with Crippen LogP contribution in [-0.4, -0.2) is 42.9 Å². The van der Waals surface area contributed by atoms with Crippen molar-refractivity contribution >= 4 is 26.0 Å². The second kappa shape index (κ2) is 5.24. The zero-order chi connectivity index (χ0) is 13.3. The number of aromatic nitrogens is 1. The Morgan fingerprint density at radius 2 is 1.94 bits per heavy atom. The second-order valence-electron chi connectivity index (χ2n) is 4.63. The van der Waals surface area contributed by atoms with Crippen molar-refractivity contribution in [1.82, 2.24) is 14.6 Å². The summed E-state index contributed by atoms with van der Waals surface area (Å²) >= 11 is 3.24. The molecule has 1 aromatic rings. The summed E-state index contributed by atoms with van der Waals surface area (Å²) in [6.07, 6.45) is 2.96. The molecule has 1 aliphatic heterocycles. The van der Waals surface area contributed by atoms with Gasteiger partial charge in [0.15, 0.2) is 0 Å². The Morgan fingerprint density at radius 1 is 1.33 bits per heavy atom. The number of nitrogens with one attached hydrogen (secondary N) is 1. The maximum atomic E-state index is 12.5. The molecule has 1 N–H and O–H groups in total. The maximum Gasteiger partial charge on any atom is 0.244 e. The fourth-order valence-electron chi connectivity index (χ4n) is 2.16. The molecule has 18 heavy (non-hydrogen) atoms. The van der Waals surface area contributed by atoms with Crippen LogP contribution >= 0.6 is 15.9 Å². The van der Waals surface area contributed by atoms with Crippen LogP contribution in [-0.2, 0) is 10.0 Å². The standard InChI is InChI=1S/C11H16BrN3O2S/c1-8-6-15(7-9(2)14-8)18(16,17)11-3-10(12)4-13-5-11/h3-5,8-9,14H,6-7H2,1-2H3. The Bertz CT molecular complexity index is 525. The molecule has 2 unspecified atom stereocenters. The molecule has 0 spiro atoms. The SMILES string of the molecule is CC1CN(S(=O)(=O)c2cncc(Br)c2)CC(C)N1. The maximum absolute atomic E-state index is 12.5. The highest BCUT2D eigenvalue weighted by Crippen LogP contribution is 2.20. The molecule has 1 saturated heterocycles. The lowest BCUT2D eigenvalue weighted by molar-refractivity contribution is 0.263. The molecule has 0 aromatic carbocycles. The van der Waals surface area contributed by atoms with E-state index in [9.17, 15) is 8.42 Å². The first kappa shape index (κ1) is 13.9. The molecule has 1 aliphatic rings. The molecule has 2 rings (SSSR count). The molecular formula is C11H16BrN3O2S. The molecule has 2 heterocycles. The molecule has 5 nitrogen and oxygen atoms in total. The van der Waals surface area contributed by atoms with Gasteiger partial charge in [0, 0.05) is 42.0 Å². The van der Waals surface area contributed by atoms with Crippen molar-refractivity contribution < 1.29 is 8.42 Å². The van der Waals surface area contributed by atoms with E-state index in [2.05, 4.69) is 26.2 Å². The molecule has 0 aliphatic carbocycles. The summed E-state index contributed by atoms with van der Waals surface area (Å²) in [5.41, 5.74) is 0. The number of sulfonamides is 1. The Balaban J connectivity index is 2.31. The lowest BCUT2D eigenvalue weighted by atomic mass is 10.2. The van der Waals surface area contributed by atoms with Crippen molar-refractivity contribution in [3.63, 3.8) is 0 Å². The van der Waals surface area contributed by atoms with Crippen molar-refractivity contribution in [2.45, 2.75) is 30.8 Å². The van der Waals surface area contributed by atoms with E-state index in [1.54, 1.807) is 12.3 Å². The highest BCUT2D eigenvalue weighted by atomic mass is 79.9. The van der Waals surface area contributed by atoms with Crippen LogP contribution in [0.4, 0.5) is 0 Å². The predicted molar refractivity (Wildman–Crippen MR) is 72.8 cm³/mol. The van der Waals surface area contributed by atoms with Crippen molar-refractivity contribution in [2.24, 2.45) is 0 Å². The highest BCUT2D eigenvalue weighted by Gasteiger charge is 2.31. The molecule has 1 fully saturated rings. The molecule has 0 bridgehead atoms. The minimum absolute atomic E-state index is 0.156. The number of nitrogens with zero attached hydrogens (tertiary/aromatic N) is 2. The van der Waals surface area contributed by atoms with Gasteiger partial charge in [-0.1, -0.05) is 0 Å². The Labute approximate surface area is 116 Å². The summed E-state index contributed by atoms with van der Waals surface area (Å²) in [6.45, 7) is 4.94. The van der Waals surface area contributed by atoms with Gasteiger partial charge in [0.25, 0.3) is 0 Å². The molecule has 100 valence electrons. The van der Waals surface area contributed by atoms with Gasteiger partial charge in [-0.05, 0) is 35.8 Å². The largest absolute Gasteiger partial charge is 0.309 e. The lowest BCUT2D eigenvalue weighted by Crippen LogP contribution is -2.55. The van der Waals surface area contributed by atoms with Crippen molar-refractivity contribution in [1.29, 1.82) is 0 Å². The molecule has 0 amide bonds. The van der Waals surface area contributed by atoms with Gasteiger partial charge in [-0.15, -0.1) is 0 Å². The Morgan fingerprint density at radius 3 is 2.50 bits per heavy atom. The fraction of sp³-hybridized carbons (Fsp3) is 0.545. The summed E-state index contributed by atoms with van der Waals surface area (Å²) in [5.74, 6) is 0. The number of pyridine rings is 1. The van der Waals surface area contributed by atoms with Gasteiger partial charge >= 0.3 is 0 Å². The Kier molecular flexibility index (Phi) is 4.05. The minimum Gasteiger partial charge on any atom is -0.309 e. The van der Waals surface area contributed by atoms with E-state index >= 15 is 0 Å². The van der Waals surface area contributed by atoms with Crippen LogP contribution in [0.5, 0.6) is 0 Å². The Hall–Kier alpha value is -0.500. The van der Waals surface area contributed by atoms with Gasteiger partial charge in [-0.3, -0.25) is 4.98 Å². The summed E-state index contributed by atoms with van der Waals surface area (Å²) < 4.78 is 27.1. The average molecular weight is 334 g/mol. The number of hydrogen-bond acceptors (Lipinski definition) is 4. The van der Waals surface area contributed by atoms with Crippen LogP contribution < -0.4 is 5.32 Å². The third kappa shape index (κ3) is 2.90. The monoisotopic (exact) mass is 333 g/mol. The van der Waals surface area contributed by atoms with E-state index in [1.165, 1.54) is 10.5 Å². The minimum atomic E-state index is -3.45. The van der Waals surface area contributed by atoms with Gasteiger partial charge in [0.05, 0.1) is 0 Å². The first-order valence-corrected chi connectivity index (χ1v) is 7.99. The van der Waals surface area contributed by atoms with Gasteiger partial charge in [0.2, 0.25) is 10.0 Å². The number of hydrogen-bond donors (Lipinski definition) is 1. The van der Waals surface area contributed by atoms with E-state index in [-0.39, 0.29) is 17.0 Å². The predicted octanol–water partition coefficient (Wildman–Crippen LogP) is 1.22. The van der Waals surface area contributed by atoms with E-state index in [4.69, 9.17) is 0 Å². The molecule has 0 radical (unpaired) electrons. The molecule has 2 atom stereocenters. The third-order valence-corrected chi connectivity index (χ3v) is 5.07. The number of rotatable bonds is 2. The second-order valence-corrected chi connectivity index (χ2v) is 7.48.